The number of methoxy groups -OCH3 is 2. The monoisotopic (exact) mass is 264 g/mol. The van der Waals surface area contributed by atoms with Crippen LogP contribution >= 0.6 is 11.3 Å². The van der Waals surface area contributed by atoms with Gasteiger partial charge in [0.15, 0.2) is 11.5 Å². The predicted octanol–water partition coefficient (Wildman–Crippen LogP) is 2.47. The number of hydrogen-bond acceptors (Lipinski definition) is 5. The summed E-state index contributed by atoms with van der Waals surface area (Å²) in [5.41, 5.74) is 1.02. The van der Waals surface area contributed by atoms with Crippen LogP contribution in [0.15, 0.2) is 29.8 Å². The SMILES string of the molecule is CNC(c1nccs1)c1cccc(OC)c1OC. The highest BCUT2D eigenvalue weighted by Gasteiger charge is 2.21. The van der Waals surface area contributed by atoms with Crippen molar-refractivity contribution >= 4 is 11.3 Å². The number of para-hydroxylation sites is 1. The summed E-state index contributed by atoms with van der Waals surface area (Å²) >= 11 is 1.61. The van der Waals surface area contributed by atoms with E-state index in [0.717, 1.165) is 22.1 Å². The standard InChI is InChI=1S/C13H16N2O2S/c1-14-11(13-15-7-8-18-13)9-5-4-6-10(16-2)12(9)17-3/h4-8,11,14H,1-3H3. The van der Waals surface area contributed by atoms with Gasteiger partial charge in [0.2, 0.25) is 0 Å². The van der Waals surface area contributed by atoms with Crippen LogP contribution in [-0.4, -0.2) is 26.3 Å². The van der Waals surface area contributed by atoms with Crippen LogP contribution in [0.1, 0.15) is 16.6 Å². The Morgan fingerprint density at radius 2 is 2.11 bits per heavy atom. The second kappa shape index (κ2) is 5.84. The molecule has 0 spiro atoms. The number of aromatic nitrogens is 1. The van der Waals surface area contributed by atoms with Crippen molar-refractivity contribution < 1.29 is 9.47 Å². The van der Waals surface area contributed by atoms with E-state index in [1.807, 2.05) is 30.6 Å². The second-order valence-corrected chi connectivity index (χ2v) is 4.60. The van der Waals surface area contributed by atoms with Gasteiger partial charge < -0.3 is 14.8 Å². The number of ether oxygens (including phenoxy) is 2. The minimum Gasteiger partial charge on any atom is -0.493 e. The Hall–Kier alpha value is -1.59. The van der Waals surface area contributed by atoms with Gasteiger partial charge in [-0.1, -0.05) is 12.1 Å². The molecule has 1 unspecified atom stereocenters. The third-order valence-corrected chi connectivity index (χ3v) is 3.57. The lowest BCUT2D eigenvalue weighted by atomic mass is 10.1. The van der Waals surface area contributed by atoms with Crippen molar-refractivity contribution in [2.24, 2.45) is 0 Å². The van der Waals surface area contributed by atoms with Crippen molar-refractivity contribution in [2.75, 3.05) is 21.3 Å². The highest BCUT2D eigenvalue weighted by Crippen LogP contribution is 2.37. The van der Waals surface area contributed by atoms with Crippen LogP contribution < -0.4 is 14.8 Å². The van der Waals surface area contributed by atoms with Gasteiger partial charge in [-0.2, -0.15) is 0 Å². The van der Waals surface area contributed by atoms with E-state index in [1.54, 1.807) is 31.8 Å². The molecule has 0 aliphatic rings. The molecule has 1 atom stereocenters. The van der Waals surface area contributed by atoms with Crippen molar-refractivity contribution in [3.63, 3.8) is 0 Å². The summed E-state index contributed by atoms with van der Waals surface area (Å²) in [6.07, 6.45) is 1.80. The first-order chi connectivity index (χ1) is 8.81. The molecule has 2 aromatic rings. The van der Waals surface area contributed by atoms with E-state index >= 15 is 0 Å². The lowest BCUT2D eigenvalue weighted by molar-refractivity contribution is 0.349. The van der Waals surface area contributed by atoms with Crippen LogP contribution in [0, 0.1) is 0 Å². The van der Waals surface area contributed by atoms with Crippen molar-refractivity contribution in [2.45, 2.75) is 6.04 Å². The van der Waals surface area contributed by atoms with Crippen molar-refractivity contribution in [1.82, 2.24) is 10.3 Å². The van der Waals surface area contributed by atoms with Gasteiger partial charge in [-0.25, -0.2) is 4.98 Å². The molecule has 0 radical (unpaired) electrons. The Balaban J connectivity index is 2.48. The minimum absolute atomic E-state index is 0.00931. The molecule has 0 saturated heterocycles. The normalized spacial score (nSPS) is 12.2. The summed E-state index contributed by atoms with van der Waals surface area (Å²) in [7, 11) is 5.19. The largest absolute Gasteiger partial charge is 0.493 e. The summed E-state index contributed by atoms with van der Waals surface area (Å²) < 4.78 is 10.8. The molecule has 18 heavy (non-hydrogen) atoms. The van der Waals surface area contributed by atoms with Crippen molar-refractivity contribution in [3.05, 3.63) is 40.3 Å². The first-order valence-corrected chi connectivity index (χ1v) is 6.47. The third kappa shape index (κ3) is 2.32. The quantitative estimate of drug-likeness (QED) is 0.901. The van der Waals surface area contributed by atoms with Gasteiger partial charge in [0.25, 0.3) is 0 Å². The molecule has 0 aliphatic carbocycles. The van der Waals surface area contributed by atoms with Crippen molar-refractivity contribution in [1.29, 1.82) is 0 Å². The third-order valence-electron chi connectivity index (χ3n) is 2.73. The highest BCUT2D eigenvalue weighted by molar-refractivity contribution is 7.09. The Morgan fingerprint density at radius 3 is 2.67 bits per heavy atom. The molecule has 0 aliphatic heterocycles. The molecule has 5 heteroatoms. The van der Waals surface area contributed by atoms with Gasteiger partial charge in [0.1, 0.15) is 5.01 Å². The Morgan fingerprint density at radius 1 is 1.28 bits per heavy atom. The fraction of sp³-hybridized carbons (Fsp3) is 0.308. The average molecular weight is 264 g/mol. The molecule has 1 aromatic carbocycles. The van der Waals surface area contributed by atoms with Gasteiger partial charge in [-0.3, -0.25) is 0 Å². The summed E-state index contributed by atoms with van der Waals surface area (Å²) in [6.45, 7) is 0. The van der Waals surface area contributed by atoms with Crippen LogP contribution in [0.25, 0.3) is 0 Å². The zero-order chi connectivity index (χ0) is 13.0. The highest BCUT2D eigenvalue weighted by atomic mass is 32.1. The first-order valence-electron chi connectivity index (χ1n) is 5.59. The maximum atomic E-state index is 5.46. The number of nitrogens with zero attached hydrogens (tertiary/aromatic N) is 1. The molecule has 0 bridgehead atoms. The van der Waals surface area contributed by atoms with Gasteiger partial charge in [0, 0.05) is 17.1 Å². The maximum absolute atomic E-state index is 5.46. The van der Waals surface area contributed by atoms with Crippen LogP contribution in [-0.2, 0) is 0 Å². The molecule has 1 heterocycles. The summed E-state index contributed by atoms with van der Waals surface area (Å²) in [5.74, 6) is 1.47. The molecule has 96 valence electrons. The number of benzene rings is 1. The lowest BCUT2D eigenvalue weighted by Gasteiger charge is -2.19. The van der Waals surface area contributed by atoms with E-state index in [2.05, 4.69) is 10.3 Å². The molecular weight excluding hydrogens is 248 g/mol. The molecule has 2 rings (SSSR count). The molecular formula is C13H16N2O2S. The van der Waals surface area contributed by atoms with E-state index in [0.29, 0.717) is 0 Å². The van der Waals surface area contributed by atoms with E-state index in [1.165, 1.54) is 0 Å². The number of rotatable bonds is 5. The fourth-order valence-electron chi connectivity index (χ4n) is 1.93. The van der Waals surface area contributed by atoms with Crippen molar-refractivity contribution in [3.8, 4) is 11.5 Å². The predicted molar refractivity (Wildman–Crippen MR) is 72.6 cm³/mol. The van der Waals surface area contributed by atoms with E-state index in [9.17, 15) is 0 Å². The molecule has 0 saturated carbocycles. The molecule has 0 amide bonds. The van der Waals surface area contributed by atoms with Crippen LogP contribution in [0.4, 0.5) is 0 Å². The lowest BCUT2D eigenvalue weighted by Crippen LogP contribution is -2.18. The van der Waals surface area contributed by atoms with Crippen LogP contribution in [0.2, 0.25) is 0 Å². The minimum atomic E-state index is 0.00931. The van der Waals surface area contributed by atoms with E-state index in [-0.39, 0.29) is 6.04 Å². The summed E-state index contributed by atoms with van der Waals surface area (Å²) in [6, 6.07) is 5.87. The number of nitrogens with one attached hydrogen (secondary N) is 1. The number of hydrogen-bond donors (Lipinski definition) is 1. The summed E-state index contributed by atoms with van der Waals surface area (Å²) in [4.78, 5) is 4.35. The number of thiazole rings is 1. The van der Waals surface area contributed by atoms with Gasteiger partial charge in [0.05, 0.1) is 20.3 Å². The molecule has 0 fully saturated rings. The Bertz CT molecular complexity index is 500. The van der Waals surface area contributed by atoms with E-state index in [4.69, 9.17) is 9.47 Å². The van der Waals surface area contributed by atoms with Crippen LogP contribution in [0.3, 0.4) is 0 Å². The maximum Gasteiger partial charge on any atom is 0.165 e. The molecule has 4 nitrogen and oxygen atoms in total. The second-order valence-electron chi connectivity index (χ2n) is 3.67. The molecule has 1 aromatic heterocycles. The zero-order valence-electron chi connectivity index (χ0n) is 10.6. The van der Waals surface area contributed by atoms with Gasteiger partial charge in [-0.05, 0) is 13.1 Å². The Kier molecular flexibility index (Phi) is 4.17. The van der Waals surface area contributed by atoms with Crippen LogP contribution in [0.5, 0.6) is 11.5 Å². The first kappa shape index (κ1) is 12.9. The van der Waals surface area contributed by atoms with Gasteiger partial charge in [-0.15, -0.1) is 11.3 Å². The molecule has 1 N–H and O–H groups in total. The van der Waals surface area contributed by atoms with Gasteiger partial charge >= 0.3 is 0 Å². The average Bonchev–Trinajstić information content (AvgIpc) is 2.93. The zero-order valence-corrected chi connectivity index (χ0v) is 11.5. The summed E-state index contributed by atoms with van der Waals surface area (Å²) in [5, 5.41) is 6.23. The smallest absolute Gasteiger partial charge is 0.165 e. The Labute approximate surface area is 111 Å². The van der Waals surface area contributed by atoms with E-state index < -0.39 is 0 Å². The topological polar surface area (TPSA) is 43.4 Å². The fourth-order valence-corrected chi connectivity index (χ4v) is 2.69.